The zero-order valence-corrected chi connectivity index (χ0v) is 19.2. The van der Waals surface area contributed by atoms with Gasteiger partial charge in [0, 0.05) is 24.8 Å². The Hall–Kier alpha value is -2.24. The fourth-order valence-corrected chi connectivity index (χ4v) is 2.37. The molecular formula is C20H26F3IN4O2. The summed E-state index contributed by atoms with van der Waals surface area (Å²) in [7, 11) is 0. The summed E-state index contributed by atoms with van der Waals surface area (Å²) in [6.45, 7) is 4.61. The molecule has 2 rings (SSSR count). The standard InChI is InChI=1S/C20H25F3N4O2.HI/c1-3-24-19(27-13-16-6-5-11-25-18(16)28-4-2)26-12-15-7-9-17(10-8-15)29-14-20(21,22)23;/h5-11H,3-4,12-14H2,1-2H3,(H2,24,26,27);1H. The van der Waals surface area contributed by atoms with Crippen molar-refractivity contribution in [1.82, 2.24) is 15.6 Å². The molecule has 0 amide bonds. The van der Waals surface area contributed by atoms with E-state index in [1.165, 1.54) is 12.1 Å². The highest BCUT2D eigenvalue weighted by Gasteiger charge is 2.28. The Labute approximate surface area is 191 Å². The molecule has 2 N–H and O–H groups in total. The van der Waals surface area contributed by atoms with Crippen molar-refractivity contribution >= 4 is 29.9 Å². The molecule has 166 valence electrons. The van der Waals surface area contributed by atoms with E-state index >= 15 is 0 Å². The van der Waals surface area contributed by atoms with Crippen LogP contribution in [0.4, 0.5) is 13.2 Å². The summed E-state index contributed by atoms with van der Waals surface area (Å²) in [6, 6.07) is 10.1. The Morgan fingerprint density at radius 1 is 1.07 bits per heavy atom. The van der Waals surface area contributed by atoms with Crippen LogP contribution in [0.15, 0.2) is 47.6 Å². The number of hydrogen-bond acceptors (Lipinski definition) is 4. The van der Waals surface area contributed by atoms with E-state index in [-0.39, 0.29) is 29.7 Å². The van der Waals surface area contributed by atoms with Gasteiger partial charge in [0.25, 0.3) is 0 Å². The van der Waals surface area contributed by atoms with Crippen LogP contribution in [0.3, 0.4) is 0 Å². The first-order valence-corrected chi connectivity index (χ1v) is 9.28. The Morgan fingerprint density at radius 3 is 2.43 bits per heavy atom. The number of hydrogen-bond donors (Lipinski definition) is 2. The van der Waals surface area contributed by atoms with Crippen LogP contribution in [-0.4, -0.2) is 36.9 Å². The van der Waals surface area contributed by atoms with Crippen molar-refractivity contribution < 1.29 is 22.6 Å². The van der Waals surface area contributed by atoms with Crippen molar-refractivity contribution in [2.45, 2.75) is 33.1 Å². The van der Waals surface area contributed by atoms with Gasteiger partial charge < -0.3 is 20.1 Å². The van der Waals surface area contributed by atoms with Crippen LogP contribution in [0.5, 0.6) is 11.6 Å². The summed E-state index contributed by atoms with van der Waals surface area (Å²) < 4.78 is 46.8. The normalized spacial score (nSPS) is 11.4. The molecular weight excluding hydrogens is 512 g/mol. The van der Waals surface area contributed by atoms with E-state index in [2.05, 4.69) is 20.6 Å². The maximum absolute atomic E-state index is 12.2. The molecule has 1 heterocycles. The third kappa shape index (κ3) is 9.51. The van der Waals surface area contributed by atoms with E-state index in [0.29, 0.717) is 38.1 Å². The highest BCUT2D eigenvalue weighted by atomic mass is 127. The first-order valence-electron chi connectivity index (χ1n) is 9.28. The Kier molecular flexibility index (Phi) is 11.3. The number of benzene rings is 1. The van der Waals surface area contributed by atoms with Gasteiger partial charge >= 0.3 is 6.18 Å². The molecule has 10 heteroatoms. The van der Waals surface area contributed by atoms with Gasteiger partial charge in [0.1, 0.15) is 5.75 Å². The zero-order valence-electron chi connectivity index (χ0n) is 16.8. The lowest BCUT2D eigenvalue weighted by Crippen LogP contribution is -2.36. The minimum absolute atomic E-state index is 0. The molecule has 0 bridgehead atoms. The average Bonchev–Trinajstić information content (AvgIpc) is 2.70. The van der Waals surface area contributed by atoms with Crippen LogP contribution in [0.1, 0.15) is 25.0 Å². The maximum Gasteiger partial charge on any atom is 0.422 e. The van der Waals surface area contributed by atoms with Crippen molar-refractivity contribution in [1.29, 1.82) is 0 Å². The van der Waals surface area contributed by atoms with Gasteiger partial charge in [0.05, 0.1) is 13.2 Å². The number of ether oxygens (including phenoxy) is 2. The SMILES string of the molecule is CCNC(=NCc1ccc(OCC(F)(F)F)cc1)NCc1cccnc1OCC.I. The predicted molar refractivity (Wildman–Crippen MR) is 120 cm³/mol. The van der Waals surface area contributed by atoms with Gasteiger partial charge in [0.2, 0.25) is 5.88 Å². The molecule has 1 aromatic carbocycles. The monoisotopic (exact) mass is 538 g/mol. The summed E-state index contributed by atoms with van der Waals surface area (Å²) in [5.74, 6) is 1.35. The van der Waals surface area contributed by atoms with Gasteiger partial charge in [-0.05, 0) is 37.6 Å². The van der Waals surface area contributed by atoms with E-state index < -0.39 is 12.8 Å². The number of aromatic nitrogens is 1. The predicted octanol–water partition coefficient (Wildman–Crippen LogP) is 4.29. The molecule has 0 fully saturated rings. The molecule has 0 aliphatic carbocycles. The van der Waals surface area contributed by atoms with Gasteiger partial charge in [-0.1, -0.05) is 18.2 Å². The van der Waals surface area contributed by atoms with Crippen molar-refractivity contribution in [3.8, 4) is 11.6 Å². The Balaban J connectivity index is 0.00000450. The maximum atomic E-state index is 12.2. The number of rotatable bonds is 9. The highest BCUT2D eigenvalue weighted by Crippen LogP contribution is 2.19. The van der Waals surface area contributed by atoms with Crippen LogP contribution in [-0.2, 0) is 13.1 Å². The largest absolute Gasteiger partial charge is 0.484 e. The topological polar surface area (TPSA) is 67.8 Å². The van der Waals surface area contributed by atoms with Crippen molar-refractivity contribution in [3.63, 3.8) is 0 Å². The first-order chi connectivity index (χ1) is 13.9. The lowest BCUT2D eigenvalue weighted by Gasteiger charge is -2.13. The molecule has 0 saturated heterocycles. The quantitative estimate of drug-likeness (QED) is 0.283. The number of halogens is 4. The molecule has 2 aromatic rings. The van der Waals surface area contributed by atoms with E-state index in [9.17, 15) is 13.2 Å². The second-order valence-corrected chi connectivity index (χ2v) is 6.00. The summed E-state index contributed by atoms with van der Waals surface area (Å²) in [5, 5.41) is 6.37. The first kappa shape index (κ1) is 25.8. The highest BCUT2D eigenvalue weighted by molar-refractivity contribution is 14.0. The summed E-state index contributed by atoms with van der Waals surface area (Å²) in [6.07, 6.45) is -2.68. The fraction of sp³-hybridized carbons (Fsp3) is 0.400. The van der Waals surface area contributed by atoms with Gasteiger partial charge in [-0.25, -0.2) is 9.98 Å². The molecule has 6 nitrogen and oxygen atoms in total. The molecule has 0 saturated carbocycles. The zero-order chi connectivity index (χ0) is 21.1. The lowest BCUT2D eigenvalue weighted by molar-refractivity contribution is -0.153. The van der Waals surface area contributed by atoms with Crippen LogP contribution in [0, 0.1) is 0 Å². The number of guanidine groups is 1. The van der Waals surface area contributed by atoms with Crippen molar-refractivity contribution in [2.75, 3.05) is 19.8 Å². The molecule has 0 spiro atoms. The van der Waals surface area contributed by atoms with Crippen LogP contribution in [0.2, 0.25) is 0 Å². The second kappa shape index (κ2) is 13.1. The minimum Gasteiger partial charge on any atom is -0.484 e. The van der Waals surface area contributed by atoms with E-state index in [4.69, 9.17) is 9.47 Å². The van der Waals surface area contributed by atoms with Gasteiger partial charge in [-0.15, -0.1) is 24.0 Å². The average molecular weight is 538 g/mol. The Bertz CT molecular complexity index is 786. The van der Waals surface area contributed by atoms with Crippen LogP contribution >= 0.6 is 24.0 Å². The smallest absolute Gasteiger partial charge is 0.422 e. The molecule has 0 aliphatic heterocycles. The van der Waals surface area contributed by atoms with Crippen LogP contribution in [0.25, 0.3) is 0 Å². The number of alkyl halides is 3. The number of aliphatic imine (C=N–C) groups is 1. The number of nitrogens with zero attached hydrogens (tertiary/aromatic N) is 2. The molecule has 30 heavy (non-hydrogen) atoms. The molecule has 1 aromatic heterocycles. The minimum atomic E-state index is -4.36. The van der Waals surface area contributed by atoms with E-state index in [1.807, 2.05) is 26.0 Å². The van der Waals surface area contributed by atoms with Gasteiger partial charge in [0.15, 0.2) is 12.6 Å². The molecule has 0 unspecified atom stereocenters. The van der Waals surface area contributed by atoms with Gasteiger partial charge in [-0.2, -0.15) is 13.2 Å². The Morgan fingerprint density at radius 2 is 1.80 bits per heavy atom. The second-order valence-electron chi connectivity index (χ2n) is 6.00. The molecule has 0 aliphatic rings. The number of nitrogens with one attached hydrogen (secondary N) is 2. The fourth-order valence-electron chi connectivity index (χ4n) is 2.37. The van der Waals surface area contributed by atoms with E-state index in [0.717, 1.165) is 11.1 Å². The summed E-state index contributed by atoms with van der Waals surface area (Å²) in [5.41, 5.74) is 1.75. The van der Waals surface area contributed by atoms with Crippen LogP contribution < -0.4 is 20.1 Å². The third-order valence-electron chi connectivity index (χ3n) is 3.67. The number of pyridine rings is 1. The van der Waals surface area contributed by atoms with Gasteiger partial charge in [-0.3, -0.25) is 0 Å². The van der Waals surface area contributed by atoms with E-state index in [1.54, 1.807) is 18.3 Å². The van der Waals surface area contributed by atoms with Crippen molar-refractivity contribution in [2.24, 2.45) is 4.99 Å². The molecule has 0 atom stereocenters. The summed E-state index contributed by atoms with van der Waals surface area (Å²) in [4.78, 5) is 8.72. The molecule has 0 radical (unpaired) electrons. The summed E-state index contributed by atoms with van der Waals surface area (Å²) >= 11 is 0. The lowest BCUT2D eigenvalue weighted by atomic mass is 10.2. The van der Waals surface area contributed by atoms with Crippen molar-refractivity contribution in [3.05, 3.63) is 53.7 Å². The third-order valence-corrected chi connectivity index (χ3v) is 3.67.